The molecular weight excluding hydrogens is 597 g/mol. The average molecular weight is 645 g/mol. The number of alkyl halides is 3. The van der Waals surface area contributed by atoms with Gasteiger partial charge in [-0.05, 0) is 82.4 Å². The average Bonchev–Trinajstić information content (AvgIpc) is 3.00. The molecule has 1 aromatic rings. The Bertz CT molecular complexity index is 1250. The van der Waals surface area contributed by atoms with E-state index in [9.17, 15) is 37.8 Å². The number of benzene rings is 1. The highest BCUT2D eigenvalue weighted by molar-refractivity contribution is 5.98. The molecule has 0 saturated heterocycles. The van der Waals surface area contributed by atoms with Crippen LogP contribution in [-0.2, 0) is 15.8 Å². The molecule has 1 unspecified atom stereocenters. The number of aliphatic carboxylic acids is 1. The van der Waals surface area contributed by atoms with Crippen molar-refractivity contribution < 1.29 is 37.8 Å². The summed E-state index contributed by atoms with van der Waals surface area (Å²) in [5.74, 6) is -3.34. The number of carbonyl (C=O) groups excluding carboxylic acids is 2. The zero-order valence-electron chi connectivity index (χ0n) is 26.5. The first-order valence-electron chi connectivity index (χ1n) is 15.7. The summed E-state index contributed by atoms with van der Waals surface area (Å²) in [5.41, 5.74) is -1.59. The van der Waals surface area contributed by atoms with E-state index < -0.39 is 41.0 Å². The van der Waals surface area contributed by atoms with Gasteiger partial charge in [0, 0.05) is 13.0 Å². The van der Waals surface area contributed by atoms with Crippen molar-refractivity contribution in [3.63, 3.8) is 0 Å². The van der Waals surface area contributed by atoms with Gasteiger partial charge in [-0.3, -0.25) is 9.59 Å². The van der Waals surface area contributed by atoms with Crippen molar-refractivity contribution in [1.82, 2.24) is 10.6 Å². The lowest BCUT2D eigenvalue weighted by atomic mass is 10.1. The number of phenolic OH excluding ortho intramolecular Hbond substituents is 1. The molecule has 0 heterocycles. The van der Waals surface area contributed by atoms with E-state index in [1.165, 1.54) is 0 Å². The largest absolute Gasteiger partial charge is 0.507 e. The molecule has 0 radical (unpaired) electrons. The Morgan fingerprint density at radius 1 is 0.804 bits per heavy atom. The van der Waals surface area contributed by atoms with E-state index in [1.54, 1.807) is 0 Å². The van der Waals surface area contributed by atoms with Crippen LogP contribution in [0.5, 0.6) is 5.75 Å². The number of carboxylic acids is 1. The summed E-state index contributed by atoms with van der Waals surface area (Å²) >= 11 is 0. The molecule has 0 aromatic heterocycles. The van der Waals surface area contributed by atoms with Crippen molar-refractivity contribution in [2.75, 3.05) is 6.54 Å². The molecule has 46 heavy (non-hydrogen) atoms. The van der Waals surface area contributed by atoms with Crippen molar-refractivity contribution in [3.05, 3.63) is 102 Å². The van der Waals surface area contributed by atoms with Crippen LogP contribution >= 0.6 is 0 Å². The van der Waals surface area contributed by atoms with Gasteiger partial charge >= 0.3 is 12.1 Å². The zero-order valence-corrected chi connectivity index (χ0v) is 26.5. The Balaban J connectivity index is 2.17. The van der Waals surface area contributed by atoms with E-state index in [1.807, 2.05) is 12.2 Å². The predicted molar refractivity (Wildman–Crippen MR) is 176 cm³/mol. The fourth-order valence-electron chi connectivity index (χ4n) is 4.04. The second-order valence-electron chi connectivity index (χ2n) is 10.4. The van der Waals surface area contributed by atoms with Gasteiger partial charge in [-0.25, -0.2) is 4.79 Å². The number of carbonyl (C=O) groups is 3. The zero-order chi connectivity index (χ0) is 34.0. The van der Waals surface area contributed by atoms with Gasteiger partial charge < -0.3 is 20.8 Å². The molecule has 2 amide bonds. The Morgan fingerprint density at radius 2 is 1.33 bits per heavy atom. The summed E-state index contributed by atoms with van der Waals surface area (Å²) in [6, 6.07) is 0.533. The lowest BCUT2D eigenvalue weighted by Crippen LogP contribution is -2.40. The number of phenols is 1. The molecule has 1 atom stereocenters. The first-order valence-corrected chi connectivity index (χ1v) is 15.7. The lowest BCUT2D eigenvalue weighted by molar-refractivity contribution is -0.139. The third-order valence-corrected chi connectivity index (χ3v) is 6.55. The number of halogens is 3. The first-order chi connectivity index (χ1) is 22.1. The van der Waals surface area contributed by atoms with Crippen molar-refractivity contribution in [1.29, 1.82) is 0 Å². The molecule has 0 aliphatic rings. The maximum atomic E-state index is 12.8. The first kappa shape index (κ1) is 39.7. The minimum absolute atomic E-state index is 0.0386. The number of unbranched alkanes of at least 4 members (excludes halogenated alkanes) is 1. The quantitative estimate of drug-likeness (QED) is 0.0748. The van der Waals surface area contributed by atoms with Gasteiger partial charge in [0.2, 0.25) is 5.91 Å². The molecule has 7 nitrogen and oxygen atoms in total. The third-order valence-electron chi connectivity index (χ3n) is 6.55. The third kappa shape index (κ3) is 19.1. The fourth-order valence-corrected chi connectivity index (χ4v) is 4.04. The second-order valence-corrected chi connectivity index (χ2v) is 10.4. The minimum Gasteiger partial charge on any atom is -0.507 e. The van der Waals surface area contributed by atoms with E-state index >= 15 is 0 Å². The smallest absolute Gasteiger partial charge is 0.416 e. The van der Waals surface area contributed by atoms with Crippen LogP contribution in [0, 0.1) is 0 Å². The molecule has 0 saturated carbocycles. The molecule has 0 spiro atoms. The normalized spacial score (nSPS) is 13.2. The van der Waals surface area contributed by atoms with Crippen LogP contribution in [0.3, 0.4) is 0 Å². The molecule has 0 aliphatic carbocycles. The maximum absolute atomic E-state index is 12.8. The van der Waals surface area contributed by atoms with Crippen LogP contribution in [0.1, 0.15) is 93.5 Å². The molecule has 10 heteroatoms. The maximum Gasteiger partial charge on any atom is 0.416 e. The van der Waals surface area contributed by atoms with Gasteiger partial charge in [0.1, 0.15) is 11.8 Å². The van der Waals surface area contributed by atoms with Crippen LogP contribution in [-0.4, -0.2) is 40.6 Å². The molecule has 0 bridgehead atoms. The molecule has 4 N–H and O–H groups in total. The Labute approximate surface area is 270 Å². The van der Waals surface area contributed by atoms with Gasteiger partial charge in [-0.15, -0.1) is 0 Å². The molecule has 0 fully saturated rings. The Kier molecular flexibility index (Phi) is 20.7. The van der Waals surface area contributed by atoms with Gasteiger partial charge in [-0.2, -0.15) is 13.2 Å². The lowest BCUT2D eigenvalue weighted by Gasteiger charge is -2.16. The molecular formula is C36H47F3N2O5. The van der Waals surface area contributed by atoms with E-state index in [0.717, 1.165) is 44.6 Å². The number of aromatic hydroxyl groups is 1. The monoisotopic (exact) mass is 644 g/mol. The number of nitrogens with one attached hydrogen (secondary N) is 2. The van der Waals surface area contributed by atoms with E-state index in [2.05, 4.69) is 78.3 Å². The fraction of sp³-hybridized carbons (Fsp3) is 0.417. The molecule has 0 aliphatic heterocycles. The Morgan fingerprint density at radius 3 is 1.80 bits per heavy atom. The van der Waals surface area contributed by atoms with Crippen LogP contribution in [0.15, 0.2) is 91.1 Å². The van der Waals surface area contributed by atoms with Crippen molar-refractivity contribution in [2.45, 2.75) is 89.8 Å². The highest BCUT2D eigenvalue weighted by atomic mass is 19.4. The van der Waals surface area contributed by atoms with E-state index in [-0.39, 0.29) is 12.3 Å². The highest BCUT2D eigenvalue weighted by Gasteiger charge is 2.32. The topological polar surface area (TPSA) is 116 Å². The van der Waals surface area contributed by atoms with Gasteiger partial charge in [-0.1, -0.05) is 79.8 Å². The van der Waals surface area contributed by atoms with Crippen molar-refractivity contribution in [3.8, 4) is 5.75 Å². The predicted octanol–water partition coefficient (Wildman–Crippen LogP) is 8.36. The van der Waals surface area contributed by atoms with Crippen LogP contribution in [0.25, 0.3) is 0 Å². The summed E-state index contributed by atoms with van der Waals surface area (Å²) in [6.45, 7) is 2.46. The van der Waals surface area contributed by atoms with Crippen molar-refractivity contribution in [2.24, 2.45) is 0 Å². The number of hydrogen-bond donors (Lipinski definition) is 4. The number of rotatable bonds is 22. The minimum atomic E-state index is -4.69. The number of hydrogen-bond acceptors (Lipinski definition) is 4. The molecule has 1 aromatic carbocycles. The van der Waals surface area contributed by atoms with Crippen LogP contribution in [0.4, 0.5) is 13.2 Å². The van der Waals surface area contributed by atoms with Gasteiger partial charge in [0.25, 0.3) is 5.91 Å². The van der Waals surface area contributed by atoms with Crippen LogP contribution < -0.4 is 10.6 Å². The Hall–Kier alpha value is -4.34. The SMILES string of the molecule is CC/C=C\C/C=C\C/C=C\C/C=C\C/C=C\C/C=C\CCC(=O)NCCCCC(NC(=O)c1ccc(C(F)(F)F)cc1O)C(=O)O. The summed E-state index contributed by atoms with van der Waals surface area (Å²) in [7, 11) is 0. The van der Waals surface area contributed by atoms with Gasteiger partial charge in [0.05, 0.1) is 11.1 Å². The molecule has 252 valence electrons. The summed E-state index contributed by atoms with van der Waals surface area (Å²) in [4.78, 5) is 35.9. The van der Waals surface area contributed by atoms with E-state index in [0.29, 0.717) is 44.4 Å². The van der Waals surface area contributed by atoms with Crippen molar-refractivity contribution >= 4 is 17.8 Å². The standard InChI is InChI=1S/C36H47F3N2O5/c1-2-3-4-5-6-7-8-9-10-11-12-13-14-15-16-17-18-19-20-24-33(43)40-27-22-21-23-31(35(45)46)41-34(44)30-26-25-29(28-32(30)42)36(37,38)39/h3-4,6-7,9-10,12-13,15-16,18-19,25-26,28,31,42H,2,5,8,11,14,17,20-24,27H2,1H3,(H,40,43)(H,41,44)(H,45,46)/b4-3-,7-6-,10-9-,13-12-,16-15-,19-18-. The number of carboxylic acid groups (broad SMARTS) is 1. The number of amides is 2. The molecule has 1 rings (SSSR count). The van der Waals surface area contributed by atoms with Gasteiger partial charge in [0.15, 0.2) is 0 Å². The highest BCUT2D eigenvalue weighted by Crippen LogP contribution is 2.32. The second kappa shape index (κ2) is 24.0. The van der Waals surface area contributed by atoms with Crippen LogP contribution in [0.2, 0.25) is 0 Å². The summed E-state index contributed by atoms with van der Waals surface area (Å²) < 4.78 is 38.3. The number of allylic oxidation sites excluding steroid dienone is 12. The van der Waals surface area contributed by atoms with E-state index in [4.69, 9.17) is 0 Å². The summed E-state index contributed by atoms with van der Waals surface area (Å²) in [5, 5.41) is 24.2. The summed E-state index contributed by atoms with van der Waals surface area (Å²) in [6.07, 6.45) is 28.1.